The second kappa shape index (κ2) is 7.22. The molecule has 0 spiro atoms. The summed E-state index contributed by atoms with van der Waals surface area (Å²) in [4.78, 5) is 18.3. The second-order valence-electron chi connectivity index (χ2n) is 4.95. The lowest BCUT2D eigenvalue weighted by Crippen LogP contribution is -2.38. The zero-order chi connectivity index (χ0) is 15.2. The fourth-order valence-electron chi connectivity index (χ4n) is 2.42. The third kappa shape index (κ3) is 3.82. The molecule has 21 heavy (non-hydrogen) atoms. The molecular weight excluding hydrogens is 266 g/mol. The summed E-state index contributed by atoms with van der Waals surface area (Å²) in [6, 6.07) is 7.54. The van der Waals surface area contributed by atoms with Crippen molar-refractivity contribution in [1.29, 1.82) is 0 Å². The summed E-state index contributed by atoms with van der Waals surface area (Å²) >= 11 is 0. The number of aliphatic imine (C=N–C) groups is 1. The summed E-state index contributed by atoms with van der Waals surface area (Å²) < 4.78 is 5.91. The molecule has 0 saturated heterocycles. The number of rotatable bonds is 6. The topological polar surface area (TPSA) is 53.9 Å². The predicted octanol–water partition coefficient (Wildman–Crippen LogP) is 1.67. The zero-order valence-electron chi connectivity index (χ0n) is 12.9. The molecule has 1 amide bonds. The average Bonchev–Trinajstić information content (AvgIpc) is 2.50. The van der Waals surface area contributed by atoms with Crippen molar-refractivity contribution in [3.8, 4) is 5.75 Å². The number of carbonyl (C=O) groups excluding carboxylic acids is 1. The van der Waals surface area contributed by atoms with E-state index in [4.69, 9.17) is 4.74 Å². The van der Waals surface area contributed by atoms with E-state index in [2.05, 4.69) is 29.1 Å². The molecule has 1 aromatic carbocycles. The van der Waals surface area contributed by atoms with E-state index in [1.807, 2.05) is 31.2 Å². The standard InChI is InChI=1S/C16H23N3O2/c1-4-19(5-2)12(3)21-14-8-6-13(7-9-14)15-16(20)18-11-10-17-15/h6-9,12H,4-5,10-11H2,1-3H3,(H,18,20). The van der Waals surface area contributed by atoms with Gasteiger partial charge in [-0.1, -0.05) is 13.8 Å². The van der Waals surface area contributed by atoms with E-state index in [1.54, 1.807) is 0 Å². The fourth-order valence-corrected chi connectivity index (χ4v) is 2.42. The quantitative estimate of drug-likeness (QED) is 0.811. The predicted molar refractivity (Wildman–Crippen MR) is 83.9 cm³/mol. The molecule has 5 heteroatoms. The van der Waals surface area contributed by atoms with Crippen LogP contribution in [0.4, 0.5) is 0 Å². The van der Waals surface area contributed by atoms with E-state index in [1.165, 1.54) is 0 Å². The molecule has 1 unspecified atom stereocenters. The van der Waals surface area contributed by atoms with Crippen molar-refractivity contribution >= 4 is 11.6 Å². The summed E-state index contributed by atoms with van der Waals surface area (Å²) in [6.07, 6.45) is 0.0289. The average molecular weight is 289 g/mol. The molecule has 114 valence electrons. The highest BCUT2D eigenvalue weighted by Crippen LogP contribution is 2.16. The first-order chi connectivity index (χ1) is 10.2. The molecular formula is C16H23N3O2. The molecule has 1 heterocycles. The van der Waals surface area contributed by atoms with E-state index < -0.39 is 0 Å². The van der Waals surface area contributed by atoms with Crippen LogP contribution in [0.1, 0.15) is 26.3 Å². The molecule has 0 saturated carbocycles. The number of hydrogen-bond acceptors (Lipinski definition) is 4. The molecule has 1 aromatic rings. The van der Waals surface area contributed by atoms with Gasteiger partial charge in [-0.2, -0.15) is 0 Å². The summed E-state index contributed by atoms with van der Waals surface area (Å²) in [7, 11) is 0. The molecule has 0 radical (unpaired) electrons. The summed E-state index contributed by atoms with van der Waals surface area (Å²) in [5.41, 5.74) is 1.33. The van der Waals surface area contributed by atoms with Crippen molar-refractivity contribution in [2.75, 3.05) is 26.2 Å². The SMILES string of the molecule is CCN(CC)C(C)Oc1ccc(C2=NCCNC2=O)cc1. The van der Waals surface area contributed by atoms with Crippen molar-refractivity contribution in [3.63, 3.8) is 0 Å². The van der Waals surface area contributed by atoms with Gasteiger partial charge >= 0.3 is 0 Å². The Hall–Kier alpha value is -1.88. The van der Waals surface area contributed by atoms with Crippen LogP contribution in [-0.2, 0) is 4.79 Å². The van der Waals surface area contributed by atoms with Crippen LogP contribution in [0.2, 0.25) is 0 Å². The first-order valence-corrected chi connectivity index (χ1v) is 7.49. The normalized spacial score (nSPS) is 16.4. The Morgan fingerprint density at radius 1 is 1.29 bits per heavy atom. The number of carbonyl (C=O) groups is 1. The van der Waals surface area contributed by atoms with Gasteiger partial charge in [0.25, 0.3) is 5.91 Å². The number of amides is 1. The lowest BCUT2D eigenvalue weighted by atomic mass is 10.1. The number of benzene rings is 1. The minimum absolute atomic E-state index is 0.0289. The molecule has 5 nitrogen and oxygen atoms in total. The Kier molecular flexibility index (Phi) is 5.33. The second-order valence-corrected chi connectivity index (χ2v) is 4.95. The van der Waals surface area contributed by atoms with Gasteiger partial charge in [0.15, 0.2) is 0 Å². The van der Waals surface area contributed by atoms with E-state index in [-0.39, 0.29) is 12.1 Å². The van der Waals surface area contributed by atoms with Gasteiger partial charge in [0, 0.05) is 12.1 Å². The van der Waals surface area contributed by atoms with Crippen LogP contribution >= 0.6 is 0 Å². The third-order valence-corrected chi connectivity index (χ3v) is 3.64. The Balaban J connectivity index is 2.05. The van der Waals surface area contributed by atoms with Crippen LogP contribution in [0.3, 0.4) is 0 Å². The first kappa shape index (κ1) is 15.5. The number of nitrogens with one attached hydrogen (secondary N) is 1. The lowest BCUT2D eigenvalue weighted by Gasteiger charge is -2.26. The monoisotopic (exact) mass is 289 g/mol. The highest BCUT2D eigenvalue weighted by molar-refractivity contribution is 6.45. The zero-order valence-corrected chi connectivity index (χ0v) is 12.9. The van der Waals surface area contributed by atoms with Gasteiger partial charge in [-0.3, -0.25) is 14.7 Å². The Labute approximate surface area is 126 Å². The van der Waals surface area contributed by atoms with E-state index in [9.17, 15) is 4.79 Å². The van der Waals surface area contributed by atoms with Crippen LogP contribution in [0.25, 0.3) is 0 Å². The highest BCUT2D eigenvalue weighted by Gasteiger charge is 2.17. The van der Waals surface area contributed by atoms with E-state index in [0.29, 0.717) is 18.8 Å². The van der Waals surface area contributed by atoms with Gasteiger partial charge in [0.05, 0.1) is 6.54 Å². The van der Waals surface area contributed by atoms with E-state index in [0.717, 1.165) is 24.4 Å². The molecule has 0 aliphatic carbocycles. The molecule has 2 rings (SSSR count). The third-order valence-electron chi connectivity index (χ3n) is 3.64. The van der Waals surface area contributed by atoms with Crippen LogP contribution in [0.5, 0.6) is 5.75 Å². The fraction of sp³-hybridized carbons (Fsp3) is 0.500. The smallest absolute Gasteiger partial charge is 0.270 e. The maximum Gasteiger partial charge on any atom is 0.270 e. The molecule has 1 atom stereocenters. The van der Waals surface area contributed by atoms with Gasteiger partial charge in [0.1, 0.15) is 17.7 Å². The minimum Gasteiger partial charge on any atom is -0.475 e. The first-order valence-electron chi connectivity index (χ1n) is 7.49. The number of nitrogens with zero attached hydrogens (tertiary/aromatic N) is 2. The van der Waals surface area contributed by atoms with Gasteiger partial charge < -0.3 is 10.1 Å². The van der Waals surface area contributed by atoms with Gasteiger partial charge in [-0.05, 0) is 44.3 Å². The Bertz CT molecular complexity index is 507. The van der Waals surface area contributed by atoms with Crippen molar-refractivity contribution in [2.24, 2.45) is 4.99 Å². The van der Waals surface area contributed by atoms with Crippen molar-refractivity contribution in [1.82, 2.24) is 10.2 Å². The van der Waals surface area contributed by atoms with Crippen molar-refractivity contribution in [2.45, 2.75) is 27.0 Å². The molecule has 0 aromatic heterocycles. The molecule has 1 aliphatic heterocycles. The molecule has 1 aliphatic rings. The van der Waals surface area contributed by atoms with Gasteiger partial charge in [0.2, 0.25) is 0 Å². The van der Waals surface area contributed by atoms with Crippen molar-refractivity contribution in [3.05, 3.63) is 29.8 Å². The number of ether oxygens (including phenoxy) is 1. The molecule has 1 N–H and O–H groups in total. The summed E-state index contributed by atoms with van der Waals surface area (Å²) in [5, 5.41) is 2.80. The highest BCUT2D eigenvalue weighted by atomic mass is 16.5. The summed E-state index contributed by atoms with van der Waals surface area (Å²) in [5.74, 6) is 0.696. The number of hydrogen-bond donors (Lipinski definition) is 1. The van der Waals surface area contributed by atoms with Crippen LogP contribution in [0.15, 0.2) is 29.3 Å². The van der Waals surface area contributed by atoms with Crippen molar-refractivity contribution < 1.29 is 9.53 Å². The maximum atomic E-state index is 11.7. The van der Waals surface area contributed by atoms with Crippen LogP contribution < -0.4 is 10.1 Å². The Morgan fingerprint density at radius 2 is 1.95 bits per heavy atom. The largest absolute Gasteiger partial charge is 0.475 e. The molecule has 0 fully saturated rings. The van der Waals surface area contributed by atoms with Crippen LogP contribution in [0, 0.1) is 0 Å². The lowest BCUT2D eigenvalue weighted by molar-refractivity contribution is -0.114. The van der Waals surface area contributed by atoms with Crippen LogP contribution in [-0.4, -0.2) is 48.9 Å². The van der Waals surface area contributed by atoms with E-state index >= 15 is 0 Å². The van der Waals surface area contributed by atoms with Gasteiger partial charge in [-0.25, -0.2) is 0 Å². The minimum atomic E-state index is -0.105. The molecule has 0 bridgehead atoms. The summed E-state index contributed by atoms with van der Waals surface area (Å²) in [6.45, 7) is 9.43. The van der Waals surface area contributed by atoms with Gasteiger partial charge in [-0.15, -0.1) is 0 Å². The Morgan fingerprint density at radius 3 is 2.52 bits per heavy atom. The maximum absolute atomic E-state index is 11.7.